The van der Waals surface area contributed by atoms with Crippen LogP contribution >= 0.6 is 15.6 Å². The van der Waals surface area contributed by atoms with Gasteiger partial charge in [-0.2, -0.15) is 0 Å². The molecule has 0 radical (unpaired) electrons. The van der Waals surface area contributed by atoms with E-state index in [0.29, 0.717) is 28.1 Å². The van der Waals surface area contributed by atoms with Gasteiger partial charge in [0.1, 0.15) is 24.4 Å². The summed E-state index contributed by atoms with van der Waals surface area (Å²) in [4.78, 5) is 48.2. The van der Waals surface area contributed by atoms with Crippen LogP contribution in [0, 0.1) is 0 Å². The Kier molecular flexibility index (Phi) is 7.73. The zero-order valence-electron chi connectivity index (χ0n) is 18.4. The minimum absolute atomic E-state index is 0.107. The van der Waals surface area contributed by atoms with Crippen molar-refractivity contribution in [2.24, 2.45) is 0 Å². The van der Waals surface area contributed by atoms with E-state index in [4.69, 9.17) is 24.3 Å². The second kappa shape index (κ2) is 10.5. The molecule has 0 saturated carbocycles. The quantitative estimate of drug-likeness (QED) is 0.171. The minimum Gasteiger partial charge on any atom is -0.508 e. The zero-order valence-corrected chi connectivity index (χ0v) is 20.1. The lowest BCUT2D eigenvalue weighted by Crippen LogP contribution is -2.25. The molecule has 36 heavy (non-hydrogen) atoms. The Balaban J connectivity index is 1.47. The Morgan fingerprint density at radius 3 is 2.50 bits per heavy atom. The van der Waals surface area contributed by atoms with Gasteiger partial charge in [0.2, 0.25) is 0 Å². The minimum atomic E-state index is -4.72. The SMILES string of the molecule is O=P(O)(O)OCc1cc(O)cc(CNc2ncnc3c2ncn3[C@H]2C[C@H](O)[C@@H](COP(=O)(O)O)O2)c1. The van der Waals surface area contributed by atoms with Gasteiger partial charge in [0.15, 0.2) is 17.0 Å². The number of anilines is 1. The molecule has 1 aliphatic rings. The van der Waals surface area contributed by atoms with Crippen LogP contribution in [0.4, 0.5) is 5.82 Å². The first kappa shape index (κ1) is 26.6. The molecule has 3 atom stereocenters. The van der Waals surface area contributed by atoms with Crippen molar-refractivity contribution in [2.75, 3.05) is 11.9 Å². The van der Waals surface area contributed by atoms with Gasteiger partial charge in [0.05, 0.1) is 25.6 Å². The number of phenolic OH excluding ortho intramolecular Hbond substituents is 1. The van der Waals surface area contributed by atoms with Crippen molar-refractivity contribution >= 4 is 32.6 Å². The summed E-state index contributed by atoms with van der Waals surface area (Å²) < 4.78 is 38.0. The van der Waals surface area contributed by atoms with Crippen molar-refractivity contribution in [3.8, 4) is 5.75 Å². The largest absolute Gasteiger partial charge is 0.508 e. The lowest BCUT2D eigenvalue weighted by Gasteiger charge is -2.16. The number of phenols is 1. The third-order valence-electron chi connectivity index (χ3n) is 5.18. The average molecular weight is 547 g/mol. The molecule has 0 aliphatic carbocycles. The van der Waals surface area contributed by atoms with Crippen LogP contribution in [-0.4, -0.2) is 68.1 Å². The third-order valence-corrected chi connectivity index (χ3v) is 6.13. The van der Waals surface area contributed by atoms with E-state index >= 15 is 0 Å². The first-order chi connectivity index (χ1) is 16.9. The highest BCUT2D eigenvalue weighted by molar-refractivity contribution is 7.46. The topological polar surface area (TPSA) is 239 Å². The molecule has 3 heterocycles. The second-order valence-electron chi connectivity index (χ2n) is 7.89. The molecule has 0 amide bonds. The van der Waals surface area contributed by atoms with Gasteiger partial charge in [-0.1, -0.05) is 6.07 Å². The van der Waals surface area contributed by atoms with Gasteiger partial charge >= 0.3 is 15.6 Å². The maximum absolute atomic E-state index is 10.9. The smallest absolute Gasteiger partial charge is 0.469 e. The number of rotatable bonds is 10. The molecule has 7 N–H and O–H groups in total. The van der Waals surface area contributed by atoms with Crippen LogP contribution in [0.2, 0.25) is 0 Å². The molecule has 18 heteroatoms. The summed E-state index contributed by atoms with van der Waals surface area (Å²) >= 11 is 0. The van der Waals surface area contributed by atoms with Crippen LogP contribution in [-0.2, 0) is 36.1 Å². The van der Waals surface area contributed by atoms with Crippen LogP contribution < -0.4 is 5.32 Å². The molecule has 1 aliphatic heterocycles. The number of phosphoric acid groups is 2. The summed E-state index contributed by atoms with van der Waals surface area (Å²) in [6, 6.07) is 4.36. The number of aromatic hydroxyl groups is 1. The fourth-order valence-electron chi connectivity index (χ4n) is 3.67. The Labute approximate surface area is 203 Å². The molecule has 196 valence electrons. The zero-order chi connectivity index (χ0) is 26.1. The lowest BCUT2D eigenvalue weighted by atomic mass is 10.1. The number of aliphatic hydroxyl groups excluding tert-OH is 1. The number of hydrogen-bond acceptors (Lipinski definition) is 11. The highest BCUT2D eigenvalue weighted by atomic mass is 31.2. The standard InChI is InChI=1S/C18H23N5O11P2/c24-12-2-10(1-11(3-12)6-32-35(26,27)28)5-19-17-16-18(21-8-20-17)23(9-22-16)15-4-13(25)14(34-15)7-33-36(29,30)31/h1-3,8-9,13-15,24-25H,4-7H2,(H,19,20,21)(H2,26,27,28)(H2,29,30,31)/t13-,14+,15+/m0/s1. The Morgan fingerprint density at radius 1 is 1.06 bits per heavy atom. The number of hydrogen-bond donors (Lipinski definition) is 7. The molecule has 16 nitrogen and oxygen atoms in total. The normalized spacial score (nSPS) is 20.8. The molecule has 4 rings (SSSR count). The highest BCUT2D eigenvalue weighted by Crippen LogP contribution is 2.39. The monoisotopic (exact) mass is 547 g/mol. The molecule has 1 saturated heterocycles. The number of phosphoric ester groups is 2. The summed E-state index contributed by atoms with van der Waals surface area (Å²) in [6.07, 6.45) is 0.100. The van der Waals surface area contributed by atoms with Crippen molar-refractivity contribution < 1.29 is 52.7 Å². The van der Waals surface area contributed by atoms with Gasteiger partial charge in [-0.05, 0) is 23.3 Å². The molecule has 0 unspecified atom stereocenters. The Bertz CT molecular complexity index is 1330. The Hall–Kier alpha value is -2.49. The first-order valence-electron chi connectivity index (χ1n) is 10.3. The van der Waals surface area contributed by atoms with E-state index in [-0.39, 0.29) is 18.7 Å². The summed E-state index contributed by atoms with van der Waals surface area (Å²) in [7, 11) is -9.39. The van der Waals surface area contributed by atoms with Gasteiger partial charge in [-0.3, -0.25) is 13.6 Å². The van der Waals surface area contributed by atoms with Gasteiger partial charge in [-0.15, -0.1) is 0 Å². The van der Waals surface area contributed by atoms with Crippen molar-refractivity contribution in [3.05, 3.63) is 42.0 Å². The fourth-order valence-corrected chi connectivity index (χ4v) is 4.33. The summed E-state index contributed by atoms with van der Waals surface area (Å²) in [6.45, 7) is -0.737. The number of fused-ring (bicyclic) bond motifs is 1. The maximum atomic E-state index is 10.9. The van der Waals surface area contributed by atoms with Crippen molar-refractivity contribution in [3.63, 3.8) is 0 Å². The molecule has 0 spiro atoms. The van der Waals surface area contributed by atoms with E-state index in [0.717, 1.165) is 0 Å². The first-order valence-corrected chi connectivity index (χ1v) is 13.4. The maximum Gasteiger partial charge on any atom is 0.469 e. The van der Waals surface area contributed by atoms with E-state index in [1.807, 2.05) is 0 Å². The van der Waals surface area contributed by atoms with Crippen LogP contribution in [0.5, 0.6) is 5.75 Å². The number of nitrogens with zero attached hydrogens (tertiary/aromatic N) is 4. The molecule has 1 fully saturated rings. The van der Waals surface area contributed by atoms with Crippen molar-refractivity contribution in [1.82, 2.24) is 19.5 Å². The lowest BCUT2D eigenvalue weighted by molar-refractivity contribution is -0.0424. The van der Waals surface area contributed by atoms with Gasteiger partial charge in [-0.25, -0.2) is 24.1 Å². The van der Waals surface area contributed by atoms with E-state index in [1.54, 1.807) is 10.6 Å². The average Bonchev–Trinajstić information content (AvgIpc) is 3.37. The molecular formula is C18H23N5O11P2. The number of nitrogens with one attached hydrogen (secondary N) is 1. The fraction of sp³-hybridized carbons (Fsp3) is 0.389. The van der Waals surface area contributed by atoms with Crippen LogP contribution in [0.25, 0.3) is 11.2 Å². The number of ether oxygens (including phenoxy) is 1. The van der Waals surface area contributed by atoms with Gasteiger partial charge < -0.3 is 39.8 Å². The number of imidazole rings is 1. The number of aromatic nitrogens is 4. The van der Waals surface area contributed by atoms with E-state index in [2.05, 4.69) is 29.3 Å². The molecule has 0 bridgehead atoms. The highest BCUT2D eigenvalue weighted by Gasteiger charge is 2.37. The third kappa shape index (κ3) is 6.83. The summed E-state index contributed by atoms with van der Waals surface area (Å²) in [5.41, 5.74) is 1.66. The molecule has 2 aromatic heterocycles. The van der Waals surface area contributed by atoms with E-state index in [1.165, 1.54) is 24.8 Å². The Morgan fingerprint density at radius 2 is 1.78 bits per heavy atom. The predicted octanol–water partition coefficient (Wildman–Crippen LogP) is 0.511. The van der Waals surface area contributed by atoms with E-state index < -0.39 is 47.3 Å². The van der Waals surface area contributed by atoms with E-state index in [9.17, 15) is 19.3 Å². The molecular weight excluding hydrogens is 524 g/mol. The van der Waals surface area contributed by atoms with Crippen molar-refractivity contribution in [1.29, 1.82) is 0 Å². The summed E-state index contributed by atoms with van der Waals surface area (Å²) in [5, 5.41) is 23.2. The predicted molar refractivity (Wildman–Crippen MR) is 120 cm³/mol. The van der Waals surface area contributed by atoms with Crippen LogP contribution in [0.15, 0.2) is 30.9 Å². The molecule has 1 aromatic carbocycles. The van der Waals surface area contributed by atoms with Crippen LogP contribution in [0.3, 0.4) is 0 Å². The second-order valence-corrected chi connectivity index (χ2v) is 10.4. The summed E-state index contributed by atoms with van der Waals surface area (Å²) in [5.74, 6) is 0.222. The number of benzene rings is 1. The van der Waals surface area contributed by atoms with Crippen LogP contribution in [0.1, 0.15) is 23.8 Å². The van der Waals surface area contributed by atoms with Gasteiger partial charge in [0, 0.05) is 13.0 Å². The molecule has 3 aromatic rings. The number of aliphatic hydroxyl groups is 1. The van der Waals surface area contributed by atoms with Crippen molar-refractivity contribution in [2.45, 2.75) is 38.0 Å². The van der Waals surface area contributed by atoms with Gasteiger partial charge in [0.25, 0.3) is 0 Å².